The summed E-state index contributed by atoms with van der Waals surface area (Å²) in [4.78, 5) is 0. The molecule has 0 radical (unpaired) electrons. The van der Waals surface area contributed by atoms with Gasteiger partial charge in [-0.25, -0.2) is 8.78 Å². The van der Waals surface area contributed by atoms with Gasteiger partial charge in [0, 0.05) is 13.2 Å². The third kappa shape index (κ3) is 4.19. The molecule has 3 nitrogen and oxygen atoms in total. The number of hydrogen-bond acceptors (Lipinski definition) is 3. The number of nitrogen functional groups attached to an aromatic ring is 1. The van der Waals surface area contributed by atoms with Gasteiger partial charge in [-0.15, -0.1) is 0 Å². The molecule has 0 aliphatic carbocycles. The largest absolute Gasteiger partial charge is 0.397 e. The first kappa shape index (κ1) is 13.7. The maximum absolute atomic E-state index is 13.3. The van der Waals surface area contributed by atoms with E-state index in [4.69, 9.17) is 10.5 Å². The van der Waals surface area contributed by atoms with Crippen molar-refractivity contribution in [2.24, 2.45) is 5.92 Å². The van der Waals surface area contributed by atoms with E-state index in [2.05, 4.69) is 5.32 Å². The summed E-state index contributed by atoms with van der Waals surface area (Å²) in [5.74, 6) is -1.41. The first-order valence-corrected chi connectivity index (χ1v) is 5.57. The molecule has 17 heavy (non-hydrogen) atoms. The topological polar surface area (TPSA) is 47.3 Å². The summed E-state index contributed by atoms with van der Waals surface area (Å²) >= 11 is 0. The SMILES string of the molecule is CC(C)COCCNc1c(N)ccc(F)c1F. The van der Waals surface area contributed by atoms with E-state index in [1.807, 2.05) is 13.8 Å². The smallest absolute Gasteiger partial charge is 0.183 e. The molecule has 0 atom stereocenters. The van der Waals surface area contributed by atoms with Gasteiger partial charge in [0.05, 0.1) is 18.0 Å². The van der Waals surface area contributed by atoms with Gasteiger partial charge in [-0.1, -0.05) is 13.8 Å². The molecular formula is C12H18F2N2O. The van der Waals surface area contributed by atoms with Gasteiger partial charge >= 0.3 is 0 Å². The van der Waals surface area contributed by atoms with E-state index in [1.165, 1.54) is 6.07 Å². The molecule has 0 aliphatic heterocycles. The Labute approximate surface area is 100.0 Å². The number of nitrogens with one attached hydrogen (secondary N) is 1. The fourth-order valence-electron chi connectivity index (χ4n) is 1.31. The lowest BCUT2D eigenvalue weighted by molar-refractivity contribution is 0.118. The Morgan fingerprint density at radius 1 is 1.35 bits per heavy atom. The highest BCUT2D eigenvalue weighted by Crippen LogP contribution is 2.24. The summed E-state index contributed by atoms with van der Waals surface area (Å²) < 4.78 is 31.6. The standard InChI is InChI=1S/C12H18F2N2O/c1-8(2)7-17-6-5-16-12-10(15)4-3-9(13)11(12)14/h3-4,8,16H,5-7,15H2,1-2H3. The van der Waals surface area contributed by atoms with Crippen molar-refractivity contribution < 1.29 is 13.5 Å². The van der Waals surface area contributed by atoms with Gasteiger partial charge < -0.3 is 15.8 Å². The summed E-state index contributed by atoms with van der Waals surface area (Å²) in [5, 5.41) is 2.73. The fraction of sp³-hybridized carbons (Fsp3) is 0.500. The highest BCUT2D eigenvalue weighted by molar-refractivity contribution is 5.66. The Bertz CT molecular complexity index is 370. The molecule has 0 heterocycles. The average molecular weight is 244 g/mol. The van der Waals surface area contributed by atoms with Crippen molar-refractivity contribution in [3.63, 3.8) is 0 Å². The van der Waals surface area contributed by atoms with Crippen LogP contribution in [0.2, 0.25) is 0 Å². The molecule has 0 saturated heterocycles. The quantitative estimate of drug-likeness (QED) is 0.597. The molecule has 0 unspecified atom stereocenters. The van der Waals surface area contributed by atoms with Crippen LogP contribution in [0, 0.1) is 17.6 Å². The number of halogens is 2. The van der Waals surface area contributed by atoms with Crippen LogP contribution < -0.4 is 11.1 Å². The number of nitrogens with two attached hydrogens (primary N) is 1. The molecular weight excluding hydrogens is 226 g/mol. The van der Waals surface area contributed by atoms with Gasteiger partial charge in [0.2, 0.25) is 0 Å². The lowest BCUT2D eigenvalue weighted by Gasteiger charge is -2.11. The number of ether oxygens (including phenoxy) is 1. The van der Waals surface area contributed by atoms with Crippen molar-refractivity contribution in [1.82, 2.24) is 0 Å². The summed E-state index contributed by atoms with van der Waals surface area (Å²) in [5.41, 5.74) is 5.73. The molecule has 0 spiro atoms. The zero-order valence-corrected chi connectivity index (χ0v) is 10.1. The van der Waals surface area contributed by atoms with Crippen LogP contribution in [0.3, 0.4) is 0 Å². The Morgan fingerprint density at radius 3 is 2.71 bits per heavy atom. The van der Waals surface area contributed by atoms with E-state index in [-0.39, 0.29) is 11.4 Å². The zero-order valence-electron chi connectivity index (χ0n) is 10.1. The molecule has 0 aliphatic rings. The van der Waals surface area contributed by atoms with Crippen LogP contribution in [-0.2, 0) is 4.74 Å². The molecule has 3 N–H and O–H groups in total. The second-order valence-corrected chi connectivity index (χ2v) is 4.22. The first-order chi connectivity index (χ1) is 8.02. The van der Waals surface area contributed by atoms with Gasteiger partial charge in [0.25, 0.3) is 0 Å². The van der Waals surface area contributed by atoms with Crippen LogP contribution in [0.4, 0.5) is 20.2 Å². The van der Waals surface area contributed by atoms with Crippen LogP contribution in [0.1, 0.15) is 13.8 Å². The van der Waals surface area contributed by atoms with Crippen LogP contribution in [0.25, 0.3) is 0 Å². The van der Waals surface area contributed by atoms with E-state index >= 15 is 0 Å². The Kier molecular flexibility index (Phi) is 5.15. The number of hydrogen-bond donors (Lipinski definition) is 2. The van der Waals surface area contributed by atoms with Crippen molar-refractivity contribution in [3.8, 4) is 0 Å². The Hall–Kier alpha value is -1.36. The minimum absolute atomic E-state index is 0.00172. The maximum Gasteiger partial charge on any atom is 0.183 e. The lowest BCUT2D eigenvalue weighted by atomic mass is 10.2. The summed E-state index contributed by atoms with van der Waals surface area (Å²) in [7, 11) is 0. The third-order valence-electron chi connectivity index (χ3n) is 2.13. The van der Waals surface area contributed by atoms with Crippen molar-refractivity contribution in [3.05, 3.63) is 23.8 Å². The highest BCUT2D eigenvalue weighted by atomic mass is 19.2. The van der Waals surface area contributed by atoms with Crippen LogP contribution >= 0.6 is 0 Å². The van der Waals surface area contributed by atoms with Gasteiger partial charge in [-0.05, 0) is 18.1 Å². The van der Waals surface area contributed by atoms with Crippen LogP contribution in [0.15, 0.2) is 12.1 Å². The molecule has 0 saturated carbocycles. The summed E-state index contributed by atoms with van der Waals surface area (Å²) in [6, 6.07) is 2.33. The lowest BCUT2D eigenvalue weighted by Crippen LogP contribution is -2.14. The molecule has 0 amide bonds. The average Bonchev–Trinajstić information content (AvgIpc) is 2.27. The van der Waals surface area contributed by atoms with Gasteiger partial charge in [0.15, 0.2) is 11.6 Å². The monoisotopic (exact) mass is 244 g/mol. The predicted octanol–water partition coefficient (Wildman–Crippen LogP) is 2.63. The van der Waals surface area contributed by atoms with Crippen molar-refractivity contribution in [2.75, 3.05) is 30.8 Å². The van der Waals surface area contributed by atoms with Gasteiger partial charge in [-0.2, -0.15) is 0 Å². The summed E-state index contributed by atoms with van der Waals surface area (Å²) in [6.45, 7) is 5.53. The third-order valence-corrected chi connectivity index (χ3v) is 2.13. The highest BCUT2D eigenvalue weighted by Gasteiger charge is 2.10. The molecule has 5 heteroatoms. The summed E-state index contributed by atoms with van der Waals surface area (Å²) in [6.07, 6.45) is 0. The van der Waals surface area contributed by atoms with Gasteiger partial charge in [0.1, 0.15) is 0 Å². The molecule has 1 aromatic carbocycles. The number of benzene rings is 1. The second-order valence-electron chi connectivity index (χ2n) is 4.22. The molecule has 1 aromatic rings. The maximum atomic E-state index is 13.3. The van der Waals surface area contributed by atoms with E-state index in [9.17, 15) is 8.78 Å². The normalized spacial score (nSPS) is 10.9. The van der Waals surface area contributed by atoms with Crippen LogP contribution in [0.5, 0.6) is 0 Å². The predicted molar refractivity (Wildman–Crippen MR) is 64.9 cm³/mol. The number of rotatable bonds is 6. The van der Waals surface area contributed by atoms with E-state index < -0.39 is 11.6 Å². The van der Waals surface area contributed by atoms with Crippen molar-refractivity contribution in [1.29, 1.82) is 0 Å². The minimum atomic E-state index is -0.950. The number of anilines is 2. The molecule has 0 aromatic heterocycles. The van der Waals surface area contributed by atoms with Gasteiger partial charge in [-0.3, -0.25) is 0 Å². The molecule has 0 fully saturated rings. The van der Waals surface area contributed by atoms with Crippen molar-refractivity contribution in [2.45, 2.75) is 13.8 Å². The van der Waals surface area contributed by atoms with Crippen LogP contribution in [-0.4, -0.2) is 19.8 Å². The Morgan fingerprint density at radius 2 is 2.06 bits per heavy atom. The zero-order chi connectivity index (χ0) is 12.8. The molecule has 0 bridgehead atoms. The first-order valence-electron chi connectivity index (χ1n) is 5.57. The molecule has 96 valence electrons. The molecule has 1 rings (SSSR count). The van der Waals surface area contributed by atoms with E-state index in [1.54, 1.807) is 0 Å². The fourth-order valence-corrected chi connectivity index (χ4v) is 1.31. The second kappa shape index (κ2) is 6.39. The Balaban J connectivity index is 2.44. The van der Waals surface area contributed by atoms with E-state index in [0.29, 0.717) is 25.7 Å². The van der Waals surface area contributed by atoms with E-state index in [0.717, 1.165) is 6.07 Å². The minimum Gasteiger partial charge on any atom is -0.397 e. The van der Waals surface area contributed by atoms with Crippen molar-refractivity contribution >= 4 is 11.4 Å².